The van der Waals surface area contributed by atoms with Gasteiger partial charge in [0.05, 0.1) is 11.8 Å². The van der Waals surface area contributed by atoms with Crippen LogP contribution in [0.15, 0.2) is 5.29 Å². The number of hydrogen-bond donors (Lipinski definition) is 1. The van der Waals surface area contributed by atoms with E-state index in [4.69, 9.17) is 11.6 Å². The highest BCUT2D eigenvalue weighted by molar-refractivity contribution is 6.18. The lowest BCUT2D eigenvalue weighted by atomic mass is 9.97. The predicted molar refractivity (Wildman–Crippen MR) is 56.1 cm³/mol. The van der Waals surface area contributed by atoms with Gasteiger partial charge in [0.1, 0.15) is 0 Å². The number of rotatable bonds is 4. The molecule has 0 saturated carbocycles. The van der Waals surface area contributed by atoms with Gasteiger partial charge in [0, 0.05) is 12.4 Å². The largest absolute Gasteiger partial charge is 0.340 e. The SMILES string of the molecule is CC(C)(C)CNC(=O)N(CCCl)N=O. The van der Waals surface area contributed by atoms with Gasteiger partial charge in [-0.05, 0) is 5.41 Å². The molecule has 0 spiro atoms. The van der Waals surface area contributed by atoms with Crippen LogP contribution in [0, 0.1) is 10.3 Å². The summed E-state index contributed by atoms with van der Waals surface area (Å²) < 4.78 is 0. The van der Waals surface area contributed by atoms with E-state index in [1.807, 2.05) is 20.8 Å². The zero-order valence-corrected chi connectivity index (χ0v) is 9.47. The summed E-state index contributed by atoms with van der Waals surface area (Å²) in [5, 5.41) is 5.93. The molecule has 0 aliphatic heterocycles. The molecule has 0 aromatic heterocycles. The Morgan fingerprint density at radius 3 is 2.43 bits per heavy atom. The lowest BCUT2D eigenvalue weighted by Crippen LogP contribution is -2.41. The molecule has 0 fully saturated rings. The van der Waals surface area contributed by atoms with E-state index in [1.165, 1.54) is 0 Å². The zero-order valence-electron chi connectivity index (χ0n) is 8.71. The van der Waals surface area contributed by atoms with Crippen LogP contribution in [-0.2, 0) is 0 Å². The minimum Gasteiger partial charge on any atom is -0.336 e. The fourth-order valence-electron chi connectivity index (χ4n) is 0.692. The van der Waals surface area contributed by atoms with Gasteiger partial charge < -0.3 is 5.32 Å². The van der Waals surface area contributed by atoms with Gasteiger partial charge in [-0.2, -0.15) is 5.01 Å². The topological polar surface area (TPSA) is 61.8 Å². The maximum Gasteiger partial charge on any atom is 0.340 e. The molecular weight excluding hydrogens is 206 g/mol. The molecule has 0 radical (unpaired) electrons. The molecule has 1 N–H and O–H groups in total. The van der Waals surface area contributed by atoms with Crippen molar-refractivity contribution in [2.45, 2.75) is 20.8 Å². The van der Waals surface area contributed by atoms with E-state index in [0.717, 1.165) is 5.01 Å². The lowest BCUT2D eigenvalue weighted by Gasteiger charge is -2.20. The molecule has 0 bridgehead atoms. The number of carbonyl (C=O) groups is 1. The molecule has 0 atom stereocenters. The lowest BCUT2D eigenvalue weighted by molar-refractivity contribution is 0.197. The van der Waals surface area contributed by atoms with Crippen LogP contribution in [0.25, 0.3) is 0 Å². The van der Waals surface area contributed by atoms with E-state index in [2.05, 4.69) is 10.6 Å². The Hall–Kier alpha value is -0.840. The Kier molecular flexibility index (Phi) is 5.45. The van der Waals surface area contributed by atoms with Gasteiger partial charge in [0.15, 0.2) is 0 Å². The fourth-order valence-corrected chi connectivity index (χ4v) is 0.852. The monoisotopic (exact) mass is 221 g/mol. The van der Waals surface area contributed by atoms with Crippen molar-refractivity contribution >= 4 is 17.6 Å². The van der Waals surface area contributed by atoms with E-state index in [0.29, 0.717) is 6.54 Å². The van der Waals surface area contributed by atoms with E-state index >= 15 is 0 Å². The number of carbonyl (C=O) groups excluding carboxylic acids is 1. The number of urea groups is 1. The van der Waals surface area contributed by atoms with Crippen LogP contribution in [0.2, 0.25) is 0 Å². The number of nitroso groups, excluding NO2 is 1. The first-order chi connectivity index (χ1) is 6.40. The highest BCUT2D eigenvalue weighted by Gasteiger charge is 2.16. The number of halogens is 1. The van der Waals surface area contributed by atoms with E-state index < -0.39 is 6.03 Å². The summed E-state index contributed by atoms with van der Waals surface area (Å²) in [6, 6.07) is -0.504. The van der Waals surface area contributed by atoms with Crippen molar-refractivity contribution in [1.29, 1.82) is 0 Å². The summed E-state index contributed by atoms with van der Waals surface area (Å²) in [6.07, 6.45) is 0. The van der Waals surface area contributed by atoms with Crippen LogP contribution in [0.1, 0.15) is 20.8 Å². The maximum absolute atomic E-state index is 11.3. The van der Waals surface area contributed by atoms with Crippen LogP contribution in [-0.4, -0.2) is 30.0 Å². The van der Waals surface area contributed by atoms with Crippen LogP contribution in [0.5, 0.6) is 0 Å². The average Bonchev–Trinajstić information content (AvgIpc) is 2.09. The highest BCUT2D eigenvalue weighted by Crippen LogP contribution is 2.10. The number of nitrogens with zero attached hydrogens (tertiary/aromatic N) is 2. The Morgan fingerprint density at radius 1 is 1.50 bits per heavy atom. The van der Waals surface area contributed by atoms with Crippen molar-refractivity contribution < 1.29 is 4.79 Å². The van der Waals surface area contributed by atoms with Crippen molar-refractivity contribution in [3.8, 4) is 0 Å². The zero-order chi connectivity index (χ0) is 11.2. The maximum atomic E-state index is 11.3. The summed E-state index contributed by atoms with van der Waals surface area (Å²) in [4.78, 5) is 21.5. The fraction of sp³-hybridized carbons (Fsp3) is 0.875. The van der Waals surface area contributed by atoms with Crippen molar-refractivity contribution in [3.63, 3.8) is 0 Å². The van der Waals surface area contributed by atoms with Gasteiger partial charge >= 0.3 is 6.03 Å². The molecule has 0 heterocycles. The molecule has 0 saturated heterocycles. The smallest absolute Gasteiger partial charge is 0.336 e. The summed E-state index contributed by atoms with van der Waals surface area (Å²) in [6.45, 7) is 6.55. The summed E-state index contributed by atoms with van der Waals surface area (Å²) >= 11 is 5.39. The first-order valence-electron chi connectivity index (χ1n) is 4.35. The number of hydrogen-bond acceptors (Lipinski definition) is 3. The minimum atomic E-state index is -0.504. The van der Waals surface area contributed by atoms with E-state index in [1.54, 1.807) is 0 Å². The summed E-state index contributed by atoms with van der Waals surface area (Å²) in [5.74, 6) is 0.189. The molecular formula is C8H16ClN3O2. The molecule has 82 valence electrons. The Morgan fingerprint density at radius 2 is 2.07 bits per heavy atom. The molecule has 0 aromatic carbocycles. The van der Waals surface area contributed by atoms with Crippen molar-refractivity contribution in [3.05, 3.63) is 4.91 Å². The normalized spacial score (nSPS) is 10.9. The molecule has 0 unspecified atom stereocenters. The van der Waals surface area contributed by atoms with Crippen molar-refractivity contribution in [1.82, 2.24) is 10.3 Å². The second kappa shape index (κ2) is 5.80. The van der Waals surface area contributed by atoms with Crippen molar-refractivity contribution in [2.75, 3.05) is 19.0 Å². The predicted octanol–water partition coefficient (Wildman–Crippen LogP) is 1.96. The molecule has 0 aliphatic rings. The molecule has 6 heteroatoms. The van der Waals surface area contributed by atoms with Gasteiger partial charge in [0.25, 0.3) is 0 Å². The molecule has 2 amide bonds. The number of nitrogens with one attached hydrogen (secondary N) is 1. The van der Waals surface area contributed by atoms with Gasteiger partial charge in [-0.1, -0.05) is 20.8 Å². The van der Waals surface area contributed by atoms with E-state index in [-0.39, 0.29) is 17.8 Å². The van der Waals surface area contributed by atoms with E-state index in [9.17, 15) is 9.70 Å². The first kappa shape index (κ1) is 13.2. The highest BCUT2D eigenvalue weighted by atomic mass is 35.5. The van der Waals surface area contributed by atoms with Crippen LogP contribution in [0.4, 0.5) is 4.79 Å². The molecule has 0 aromatic rings. The minimum absolute atomic E-state index is 0.0226. The molecule has 0 rings (SSSR count). The second-order valence-corrected chi connectivity index (χ2v) is 4.49. The average molecular weight is 222 g/mol. The van der Waals surface area contributed by atoms with Gasteiger partial charge in [-0.15, -0.1) is 16.5 Å². The van der Waals surface area contributed by atoms with Crippen LogP contribution >= 0.6 is 11.6 Å². The summed E-state index contributed by atoms with van der Waals surface area (Å²) in [5.41, 5.74) is -0.0226. The Balaban J connectivity index is 3.99. The van der Waals surface area contributed by atoms with Crippen LogP contribution < -0.4 is 5.32 Å². The van der Waals surface area contributed by atoms with Crippen molar-refractivity contribution in [2.24, 2.45) is 10.7 Å². The standard InChI is InChI=1S/C8H16ClN3O2/c1-8(2,3)6-10-7(13)12(11-14)5-4-9/h4-6H2,1-3H3,(H,10,13). The van der Waals surface area contributed by atoms with Gasteiger partial charge in [-0.3, -0.25) is 0 Å². The van der Waals surface area contributed by atoms with Gasteiger partial charge in [0.2, 0.25) is 0 Å². The summed E-state index contributed by atoms with van der Waals surface area (Å²) in [7, 11) is 0. The van der Waals surface area contributed by atoms with Gasteiger partial charge in [-0.25, -0.2) is 4.79 Å². The molecule has 14 heavy (non-hydrogen) atoms. The first-order valence-corrected chi connectivity index (χ1v) is 4.89. The van der Waals surface area contributed by atoms with Crippen LogP contribution in [0.3, 0.4) is 0 Å². The Bertz CT molecular complexity index is 203. The third kappa shape index (κ3) is 5.75. The second-order valence-electron chi connectivity index (χ2n) is 4.11. The molecule has 5 nitrogen and oxygen atoms in total. The number of alkyl halides is 1. The quantitative estimate of drug-likeness (QED) is 0.448. The molecule has 0 aliphatic carbocycles. The third-order valence-corrected chi connectivity index (χ3v) is 1.57. The Labute approximate surface area is 88.7 Å². The number of amides is 2. The third-order valence-electron chi connectivity index (χ3n) is 1.40.